The number of halogens is 8. The summed E-state index contributed by atoms with van der Waals surface area (Å²) in [4.78, 5) is 0. The Kier molecular flexibility index (Phi) is 3.35. The number of rotatable bonds is 4. The second-order valence-electron chi connectivity index (χ2n) is 3.01. The molecule has 1 N–H and O–H groups in total. The van der Waals surface area contributed by atoms with Crippen LogP contribution >= 0.6 is 0 Å². The van der Waals surface area contributed by atoms with Crippen LogP contribution in [-0.4, -0.2) is 23.0 Å². The highest BCUT2D eigenvalue weighted by Crippen LogP contribution is 2.38. The van der Waals surface area contributed by atoms with Gasteiger partial charge < -0.3 is 0 Å². The van der Waals surface area contributed by atoms with Gasteiger partial charge in [-0.1, -0.05) is 0 Å². The lowest BCUT2D eigenvalue weighted by Gasteiger charge is -2.13. The minimum absolute atomic E-state index is 0.210. The van der Waals surface area contributed by atoms with Crippen LogP contribution < -0.4 is 0 Å². The maximum Gasteiger partial charge on any atom is 0.350 e. The molecule has 0 unspecified atom stereocenters. The van der Waals surface area contributed by atoms with Gasteiger partial charge in [-0.15, -0.1) is 0 Å². The van der Waals surface area contributed by atoms with Crippen molar-refractivity contribution in [1.82, 2.24) is 10.2 Å². The highest BCUT2D eigenvalue weighted by molar-refractivity contribution is 5.18. The largest absolute Gasteiger partial charge is 0.350 e. The Hall–Kier alpha value is -1.35. The number of nitrogens with zero attached hydrogens (tertiary/aromatic N) is 1. The molecule has 0 atom stereocenters. The van der Waals surface area contributed by atoms with Crippen LogP contribution in [0.15, 0.2) is 6.07 Å². The predicted octanol–water partition coefficient (Wildman–Crippen LogP) is 3.12. The fraction of sp³-hybridized carbons (Fsp3) is 0.571. The molecule has 1 aromatic heterocycles. The summed E-state index contributed by atoms with van der Waals surface area (Å²) in [5.74, 6) is -9.55. The van der Waals surface area contributed by atoms with Crippen molar-refractivity contribution in [1.29, 1.82) is 0 Å². The summed E-state index contributed by atoms with van der Waals surface area (Å²) < 4.78 is 97.8. The molecule has 0 aromatic carbocycles. The lowest BCUT2D eigenvalue weighted by Crippen LogP contribution is -2.25. The molecule has 98 valence electrons. The van der Waals surface area contributed by atoms with Gasteiger partial charge in [0.15, 0.2) is 0 Å². The van der Waals surface area contributed by atoms with Crippen LogP contribution in [0.25, 0.3) is 0 Å². The highest BCUT2D eigenvalue weighted by Gasteiger charge is 2.49. The van der Waals surface area contributed by atoms with Crippen molar-refractivity contribution in [2.24, 2.45) is 0 Å². The summed E-state index contributed by atoms with van der Waals surface area (Å²) in [6.07, 6.45) is -8.35. The number of H-pyrrole nitrogens is 1. The molecule has 1 rings (SSSR count). The maximum atomic E-state index is 12.6. The van der Waals surface area contributed by atoms with Crippen molar-refractivity contribution < 1.29 is 35.1 Å². The molecule has 0 aliphatic heterocycles. The summed E-state index contributed by atoms with van der Waals surface area (Å²) in [5, 5.41) is 3.68. The molecule has 0 fully saturated rings. The van der Waals surface area contributed by atoms with Crippen LogP contribution in [0.4, 0.5) is 35.1 Å². The highest BCUT2D eigenvalue weighted by atomic mass is 19.3. The van der Waals surface area contributed by atoms with E-state index in [1.807, 2.05) is 0 Å². The summed E-state index contributed by atoms with van der Waals surface area (Å²) in [6.45, 7) is 0. The zero-order valence-corrected chi connectivity index (χ0v) is 7.70. The smallest absolute Gasteiger partial charge is 0.276 e. The van der Waals surface area contributed by atoms with Gasteiger partial charge in [-0.2, -0.15) is 22.7 Å². The molecule has 0 amide bonds. The Morgan fingerprint density at radius 1 is 0.941 bits per heavy atom. The van der Waals surface area contributed by atoms with Gasteiger partial charge in [0.2, 0.25) is 0 Å². The third-order valence-electron chi connectivity index (χ3n) is 1.83. The summed E-state index contributed by atoms with van der Waals surface area (Å²) >= 11 is 0. The zero-order valence-electron chi connectivity index (χ0n) is 7.70. The molecule has 0 saturated heterocycles. The number of alkyl halides is 8. The second-order valence-corrected chi connectivity index (χ2v) is 3.01. The van der Waals surface area contributed by atoms with Gasteiger partial charge in [0, 0.05) is 0 Å². The first-order chi connectivity index (χ1) is 7.60. The van der Waals surface area contributed by atoms with Crippen molar-refractivity contribution in [3.63, 3.8) is 0 Å². The quantitative estimate of drug-likeness (QED) is 0.835. The fourth-order valence-corrected chi connectivity index (χ4v) is 0.893. The van der Waals surface area contributed by atoms with Gasteiger partial charge in [-0.3, -0.25) is 5.10 Å². The third kappa shape index (κ3) is 2.34. The normalized spacial score (nSPS) is 13.8. The molecule has 17 heavy (non-hydrogen) atoms. The van der Waals surface area contributed by atoms with Gasteiger partial charge in [0.05, 0.1) is 0 Å². The van der Waals surface area contributed by atoms with E-state index in [4.69, 9.17) is 0 Å². The van der Waals surface area contributed by atoms with Gasteiger partial charge in [-0.05, 0) is 6.07 Å². The lowest BCUT2D eigenvalue weighted by molar-refractivity contribution is -0.140. The Morgan fingerprint density at radius 2 is 1.41 bits per heavy atom. The van der Waals surface area contributed by atoms with E-state index in [0.717, 1.165) is 0 Å². The molecule has 1 aromatic rings. The minimum Gasteiger partial charge on any atom is -0.276 e. The number of nitrogens with one attached hydrogen (secondary N) is 1. The fourth-order valence-electron chi connectivity index (χ4n) is 0.893. The van der Waals surface area contributed by atoms with Crippen molar-refractivity contribution >= 4 is 0 Å². The first-order valence-electron chi connectivity index (χ1n) is 3.98. The van der Waals surface area contributed by atoms with Crippen LogP contribution in [0.1, 0.15) is 11.4 Å². The minimum atomic E-state index is -4.78. The van der Waals surface area contributed by atoms with E-state index in [1.165, 1.54) is 5.10 Å². The number of aromatic nitrogens is 2. The van der Waals surface area contributed by atoms with Gasteiger partial charge >= 0.3 is 24.7 Å². The first-order valence-corrected chi connectivity index (χ1v) is 3.98. The summed E-state index contributed by atoms with van der Waals surface area (Å²) in [6, 6.07) is -0.210. The van der Waals surface area contributed by atoms with Crippen LogP contribution in [0.2, 0.25) is 0 Å². The van der Waals surface area contributed by atoms with Gasteiger partial charge in [0.25, 0.3) is 0 Å². The molecule has 0 bridgehead atoms. The third-order valence-corrected chi connectivity index (χ3v) is 1.83. The standard InChI is InChI=1S/C7H4F8N2/c8-4(9)6(12,13)2-1-3(17-16-2)7(14,15)5(10)11/h1,4-5H,(H,16,17). The average molecular weight is 268 g/mol. The van der Waals surface area contributed by atoms with Crippen LogP contribution in [0.3, 0.4) is 0 Å². The molecule has 1 heterocycles. The van der Waals surface area contributed by atoms with Crippen LogP contribution in [-0.2, 0) is 11.8 Å². The molecule has 0 spiro atoms. The summed E-state index contributed by atoms with van der Waals surface area (Å²) in [7, 11) is 0. The average Bonchev–Trinajstić information content (AvgIpc) is 2.66. The Balaban J connectivity index is 3.09. The van der Waals surface area contributed by atoms with Crippen molar-refractivity contribution in [2.75, 3.05) is 0 Å². The Bertz CT molecular complexity index is 350. The van der Waals surface area contributed by atoms with Gasteiger partial charge in [-0.25, -0.2) is 17.6 Å². The molecule has 2 nitrogen and oxygen atoms in total. The molecule has 0 aliphatic carbocycles. The van der Waals surface area contributed by atoms with E-state index in [1.54, 1.807) is 0 Å². The molecule has 0 radical (unpaired) electrons. The van der Waals surface area contributed by atoms with E-state index < -0.39 is 36.1 Å². The number of hydrogen-bond acceptors (Lipinski definition) is 1. The van der Waals surface area contributed by atoms with Gasteiger partial charge in [0.1, 0.15) is 11.4 Å². The van der Waals surface area contributed by atoms with Crippen molar-refractivity contribution in [2.45, 2.75) is 24.7 Å². The van der Waals surface area contributed by atoms with Crippen LogP contribution in [0, 0.1) is 0 Å². The summed E-state index contributed by atoms with van der Waals surface area (Å²) in [5.41, 5.74) is -3.37. The lowest BCUT2D eigenvalue weighted by atomic mass is 10.2. The molecule has 0 saturated carbocycles. The number of hydrogen-bond donors (Lipinski definition) is 1. The monoisotopic (exact) mass is 268 g/mol. The van der Waals surface area contributed by atoms with Crippen molar-refractivity contribution in [3.8, 4) is 0 Å². The molecular weight excluding hydrogens is 264 g/mol. The van der Waals surface area contributed by atoms with Crippen molar-refractivity contribution in [3.05, 3.63) is 17.5 Å². The zero-order chi connectivity index (χ0) is 13.4. The van der Waals surface area contributed by atoms with E-state index in [9.17, 15) is 35.1 Å². The topological polar surface area (TPSA) is 28.7 Å². The van der Waals surface area contributed by atoms with E-state index in [0.29, 0.717) is 0 Å². The SMILES string of the molecule is FC(F)C(F)(F)c1cc(C(F)(F)C(F)F)[nH]n1. The van der Waals surface area contributed by atoms with E-state index >= 15 is 0 Å². The van der Waals surface area contributed by atoms with E-state index in [2.05, 4.69) is 5.10 Å². The Labute approximate surface area is 88.6 Å². The predicted molar refractivity (Wildman–Crippen MR) is 38.4 cm³/mol. The number of aromatic amines is 1. The maximum absolute atomic E-state index is 12.6. The molecular formula is C7H4F8N2. The Morgan fingerprint density at radius 3 is 1.82 bits per heavy atom. The van der Waals surface area contributed by atoms with E-state index in [-0.39, 0.29) is 6.07 Å². The van der Waals surface area contributed by atoms with Crippen LogP contribution in [0.5, 0.6) is 0 Å². The first kappa shape index (κ1) is 13.7. The molecule has 0 aliphatic rings. The molecule has 10 heteroatoms. The second kappa shape index (κ2) is 4.15.